The van der Waals surface area contributed by atoms with Crippen molar-refractivity contribution in [1.82, 2.24) is 5.16 Å². The van der Waals surface area contributed by atoms with Gasteiger partial charge in [-0.2, -0.15) is 0 Å². The second-order valence-electron chi connectivity index (χ2n) is 7.72. The lowest BCUT2D eigenvalue weighted by molar-refractivity contribution is -0.120. The highest BCUT2D eigenvalue weighted by atomic mass is 32.2. The number of rotatable bonds is 6. The molecule has 142 valence electrons. The van der Waals surface area contributed by atoms with Gasteiger partial charge < -0.3 is 9.26 Å². The third-order valence-corrected chi connectivity index (χ3v) is 6.82. The van der Waals surface area contributed by atoms with Crippen molar-refractivity contribution in [2.24, 2.45) is 0 Å². The van der Waals surface area contributed by atoms with Gasteiger partial charge in [0, 0.05) is 11.5 Å². The molecule has 26 heavy (non-hydrogen) atoms. The van der Waals surface area contributed by atoms with Gasteiger partial charge in [0.1, 0.15) is 16.3 Å². The number of nitrogens with zero attached hydrogens (tertiary/aromatic N) is 1. The van der Waals surface area contributed by atoms with Crippen LogP contribution in [0.25, 0.3) is 0 Å². The number of methoxy groups -OCH3 is 1. The molecule has 1 aromatic carbocycles. The smallest absolute Gasteiger partial charge is 0.190 e. The van der Waals surface area contributed by atoms with Gasteiger partial charge in [0.2, 0.25) is 0 Å². The highest BCUT2D eigenvalue weighted by Crippen LogP contribution is 2.29. The van der Waals surface area contributed by atoms with Crippen molar-refractivity contribution in [3.8, 4) is 5.75 Å². The third kappa shape index (κ3) is 3.82. The molecule has 0 bridgehead atoms. The number of ketones is 1. The fourth-order valence-corrected chi connectivity index (χ4v) is 3.78. The molecule has 7 heteroatoms. The molecule has 0 aliphatic carbocycles. The predicted molar refractivity (Wildman–Crippen MR) is 98.2 cm³/mol. The second-order valence-corrected chi connectivity index (χ2v) is 10.2. The maximum atomic E-state index is 12.9. The number of hydrogen-bond donors (Lipinski definition) is 0. The molecular weight excluding hydrogens is 354 g/mol. The van der Waals surface area contributed by atoms with E-state index in [9.17, 15) is 13.2 Å². The average molecular weight is 379 g/mol. The first kappa shape index (κ1) is 20.2. The zero-order valence-corrected chi connectivity index (χ0v) is 16.8. The molecular formula is C19H25NO5S. The number of sulfone groups is 1. The SMILES string of the molecule is COc1ccc(S(=O)(=O)C(C)(C)C(=O)Cc2cc(C(C)(C)C)on2)cc1. The fraction of sp³-hybridized carbons (Fsp3) is 0.474. The van der Waals surface area contributed by atoms with E-state index in [4.69, 9.17) is 9.26 Å². The Morgan fingerprint density at radius 2 is 1.69 bits per heavy atom. The highest BCUT2D eigenvalue weighted by Gasteiger charge is 2.42. The topological polar surface area (TPSA) is 86.5 Å². The zero-order valence-electron chi connectivity index (χ0n) is 16.0. The average Bonchev–Trinajstić information content (AvgIpc) is 3.03. The van der Waals surface area contributed by atoms with Crippen LogP contribution < -0.4 is 4.74 Å². The van der Waals surface area contributed by atoms with Crippen molar-refractivity contribution in [3.63, 3.8) is 0 Å². The van der Waals surface area contributed by atoms with E-state index in [1.165, 1.54) is 33.1 Å². The van der Waals surface area contributed by atoms with Gasteiger partial charge in [-0.1, -0.05) is 25.9 Å². The van der Waals surface area contributed by atoms with E-state index in [0.29, 0.717) is 17.2 Å². The Labute approximate surface area is 154 Å². The predicted octanol–water partition coefficient (Wildman–Crippen LogP) is 3.34. The summed E-state index contributed by atoms with van der Waals surface area (Å²) in [6.45, 7) is 8.74. The lowest BCUT2D eigenvalue weighted by Gasteiger charge is -2.23. The van der Waals surface area contributed by atoms with Gasteiger partial charge in [-0.25, -0.2) is 8.42 Å². The van der Waals surface area contributed by atoms with Crippen LogP contribution in [0.5, 0.6) is 5.75 Å². The second kappa shape index (κ2) is 6.87. The first-order valence-corrected chi connectivity index (χ1v) is 9.76. The molecule has 0 amide bonds. The van der Waals surface area contributed by atoms with E-state index in [1.807, 2.05) is 20.8 Å². The van der Waals surface area contributed by atoms with Crippen LogP contribution in [0.1, 0.15) is 46.1 Å². The number of hydrogen-bond acceptors (Lipinski definition) is 6. The van der Waals surface area contributed by atoms with E-state index in [0.717, 1.165) is 0 Å². The van der Waals surface area contributed by atoms with Gasteiger partial charge in [0.05, 0.1) is 24.1 Å². The summed E-state index contributed by atoms with van der Waals surface area (Å²) in [7, 11) is -2.37. The van der Waals surface area contributed by atoms with Crippen LogP contribution in [0, 0.1) is 0 Å². The van der Waals surface area contributed by atoms with Gasteiger partial charge in [-0.05, 0) is 38.1 Å². The van der Waals surface area contributed by atoms with Gasteiger partial charge in [0.25, 0.3) is 0 Å². The minimum absolute atomic E-state index is 0.0761. The molecule has 0 spiro atoms. The summed E-state index contributed by atoms with van der Waals surface area (Å²) in [5.74, 6) is 0.753. The number of benzene rings is 1. The van der Waals surface area contributed by atoms with Crippen molar-refractivity contribution in [2.75, 3.05) is 7.11 Å². The molecule has 0 saturated carbocycles. The zero-order chi connectivity index (χ0) is 19.8. The monoisotopic (exact) mass is 379 g/mol. The molecule has 1 aromatic heterocycles. The van der Waals surface area contributed by atoms with Crippen molar-refractivity contribution < 1.29 is 22.5 Å². The molecule has 6 nitrogen and oxygen atoms in total. The van der Waals surface area contributed by atoms with Gasteiger partial charge >= 0.3 is 0 Å². The number of carbonyl (C=O) groups excluding carboxylic acids is 1. The van der Waals surface area contributed by atoms with Gasteiger partial charge in [-0.15, -0.1) is 0 Å². The Morgan fingerprint density at radius 1 is 1.12 bits per heavy atom. The van der Waals surface area contributed by atoms with Crippen LogP contribution >= 0.6 is 0 Å². The largest absolute Gasteiger partial charge is 0.497 e. The normalized spacial score (nSPS) is 12.8. The van der Waals surface area contributed by atoms with Crippen LogP contribution in [-0.4, -0.2) is 31.2 Å². The van der Waals surface area contributed by atoms with Gasteiger partial charge in [-0.3, -0.25) is 4.79 Å². The Morgan fingerprint density at radius 3 is 2.15 bits per heavy atom. The summed E-state index contributed by atoms with van der Waals surface area (Å²) in [5, 5.41) is 3.91. The number of carbonyl (C=O) groups is 1. The van der Waals surface area contributed by atoms with Crippen molar-refractivity contribution in [3.05, 3.63) is 41.8 Å². The lowest BCUT2D eigenvalue weighted by Crippen LogP contribution is -2.41. The van der Waals surface area contributed by atoms with Crippen molar-refractivity contribution >= 4 is 15.6 Å². The summed E-state index contributed by atoms with van der Waals surface area (Å²) < 4.78 is 34.6. The van der Waals surface area contributed by atoms with Crippen LogP contribution in [0.3, 0.4) is 0 Å². The molecule has 0 atom stereocenters. The molecule has 2 rings (SSSR count). The molecule has 0 fully saturated rings. The molecule has 0 aliphatic rings. The van der Waals surface area contributed by atoms with Crippen molar-refractivity contribution in [2.45, 2.75) is 56.1 Å². The van der Waals surface area contributed by atoms with E-state index < -0.39 is 20.4 Å². The Balaban J connectivity index is 2.26. The standard InChI is InChI=1S/C19H25NO5S/c1-18(2,3)17-12-13(20-25-17)11-16(21)19(4,5)26(22,23)15-9-7-14(24-6)8-10-15/h7-10,12H,11H2,1-6H3. The van der Waals surface area contributed by atoms with E-state index in [-0.39, 0.29) is 16.7 Å². The fourth-order valence-electron chi connectivity index (χ4n) is 2.33. The van der Waals surface area contributed by atoms with E-state index >= 15 is 0 Å². The minimum Gasteiger partial charge on any atom is -0.497 e. The molecule has 2 aromatic rings. The summed E-state index contributed by atoms with van der Waals surface area (Å²) >= 11 is 0. The molecule has 1 heterocycles. The summed E-state index contributed by atoms with van der Waals surface area (Å²) in [4.78, 5) is 12.8. The molecule has 0 radical (unpaired) electrons. The maximum absolute atomic E-state index is 12.9. The molecule has 0 aliphatic heterocycles. The quantitative estimate of drug-likeness (QED) is 0.765. The van der Waals surface area contributed by atoms with Crippen LogP contribution in [0.15, 0.2) is 39.8 Å². The summed E-state index contributed by atoms with van der Waals surface area (Å²) in [5.41, 5.74) is 0.192. The van der Waals surface area contributed by atoms with E-state index in [1.54, 1.807) is 18.2 Å². The van der Waals surface area contributed by atoms with E-state index in [2.05, 4.69) is 5.16 Å². The van der Waals surface area contributed by atoms with Crippen molar-refractivity contribution in [1.29, 1.82) is 0 Å². The van der Waals surface area contributed by atoms with Crippen LogP contribution in [0.4, 0.5) is 0 Å². The lowest BCUT2D eigenvalue weighted by atomic mass is 9.92. The van der Waals surface area contributed by atoms with Crippen LogP contribution in [-0.2, 0) is 26.5 Å². The summed E-state index contributed by atoms with van der Waals surface area (Å²) in [6, 6.07) is 7.70. The first-order valence-electron chi connectivity index (χ1n) is 8.27. The Kier molecular flexibility index (Phi) is 5.33. The van der Waals surface area contributed by atoms with Crippen LogP contribution in [0.2, 0.25) is 0 Å². The highest BCUT2D eigenvalue weighted by molar-refractivity contribution is 7.93. The molecule has 0 unspecified atom stereocenters. The number of aromatic nitrogens is 1. The number of ether oxygens (including phenoxy) is 1. The number of Topliss-reactive ketones (excluding diaryl/α,β-unsaturated/α-hetero) is 1. The third-order valence-electron chi connectivity index (χ3n) is 4.35. The Hall–Kier alpha value is -2.15. The Bertz CT molecular complexity index is 887. The maximum Gasteiger partial charge on any atom is 0.190 e. The first-order chi connectivity index (χ1) is 11.9. The summed E-state index contributed by atoms with van der Waals surface area (Å²) in [6.07, 6.45) is -0.109. The van der Waals surface area contributed by atoms with Gasteiger partial charge in [0.15, 0.2) is 15.6 Å². The molecule has 0 N–H and O–H groups in total. The molecule has 0 saturated heterocycles. The minimum atomic E-state index is -3.87.